The van der Waals surface area contributed by atoms with Gasteiger partial charge in [-0.15, -0.1) is 4.70 Å². The lowest BCUT2D eigenvalue weighted by Gasteiger charge is -2.19. The van der Waals surface area contributed by atoms with Gasteiger partial charge in [-0.05, 0) is 61.0 Å². The summed E-state index contributed by atoms with van der Waals surface area (Å²) < 4.78 is 25.3. The zero-order valence-corrected chi connectivity index (χ0v) is 42.6. The molecule has 27 heteroatoms. The second kappa shape index (κ2) is 26.1. The van der Waals surface area contributed by atoms with Crippen LogP contribution in [0.2, 0.25) is 0 Å². The van der Waals surface area contributed by atoms with Crippen LogP contribution in [0.25, 0.3) is 44.5 Å². The summed E-state index contributed by atoms with van der Waals surface area (Å²) >= 11 is 0. The number of azo groups is 2. The largest absolute Gasteiger partial charge is 0.508 e. The summed E-state index contributed by atoms with van der Waals surface area (Å²) in [6, 6.07) is 16.2. The van der Waals surface area contributed by atoms with Crippen molar-refractivity contribution < 1.29 is 62.9 Å². The van der Waals surface area contributed by atoms with E-state index in [-0.39, 0.29) is 113 Å². The van der Waals surface area contributed by atoms with E-state index in [0.29, 0.717) is 83.0 Å². The molecule has 8 rings (SSSR count). The molecule has 0 radical (unpaired) electrons. The fourth-order valence-corrected chi connectivity index (χ4v) is 8.52. The number of ether oxygens (including phenoxy) is 4. The number of carbonyl (C=O) groups excluding carboxylic acids is 4. The average molecular weight is 1080 g/mol. The number of nitrogens with two attached hydrogens (primary N) is 2. The topological polar surface area (TPSA) is 374 Å². The molecule has 5 aromatic rings. The molecule has 4 heterocycles. The van der Waals surface area contributed by atoms with Crippen LogP contribution in [0.15, 0.2) is 78.0 Å². The maximum absolute atomic E-state index is 13.2. The van der Waals surface area contributed by atoms with Crippen LogP contribution >= 0.6 is 0 Å². The number of H-pyrrole nitrogens is 1. The Balaban J connectivity index is 0.690. The number of phenolic OH excluding ortho intramolecular Hbond substituents is 1. The normalized spacial score (nSPS) is 12.9. The number of aliphatic carboxylic acids is 1. The standard InChI is InChI=1S/C51H59N15O12/c1-64(28-32-27-56-47-43(57-32)46(52)60-50(53)61-47)33-9-5-31(6-10-33)48(71)58-37(49(72)73)13-14-38(68)54-15-19-75-23-25-78-26-24-76-20-16-55-39(69)29-66-44(30-7-11-34(67)12-8-30)41-42(62-66)35-3-2-4-36(40(35)45(41)70)59-51(74)63-65-17-21-77-22-18-65/h2-12,27,37H,13-26,28-29H2,1H3,(H11,52,53,54,55,56,58,59,60,61,62,63,67,68,69,70,71,72,73,74)/p+1. The van der Waals surface area contributed by atoms with Crippen LogP contribution in [0.5, 0.6) is 11.5 Å². The second-order valence-electron chi connectivity index (χ2n) is 17.9. The van der Waals surface area contributed by atoms with Gasteiger partial charge in [0, 0.05) is 48.8 Å². The molecule has 3 aromatic carbocycles. The summed E-state index contributed by atoms with van der Waals surface area (Å²) in [7, 11) is 1.82. The summed E-state index contributed by atoms with van der Waals surface area (Å²) in [5.41, 5.74) is 16.2. The number of hydrogen-bond acceptors (Lipinski definition) is 18. The molecule has 2 aliphatic heterocycles. The molecule has 0 bridgehead atoms. The Morgan fingerprint density at radius 2 is 1.55 bits per heavy atom. The van der Waals surface area contributed by atoms with Crippen molar-refractivity contribution in [1.29, 1.82) is 0 Å². The maximum Gasteiger partial charge on any atom is 0.404 e. The number of fused-ring (bicyclic) bond motifs is 4. The molecule has 0 spiro atoms. The van der Waals surface area contributed by atoms with E-state index in [1.54, 1.807) is 70.2 Å². The lowest BCUT2D eigenvalue weighted by atomic mass is 10.1. The maximum atomic E-state index is 13.2. The summed E-state index contributed by atoms with van der Waals surface area (Å²) in [6.07, 6.45) is 1.27. The van der Waals surface area contributed by atoms with Gasteiger partial charge in [0.2, 0.25) is 17.8 Å². The first-order valence-electron chi connectivity index (χ1n) is 24.9. The van der Waals surface area contributed by atoms with Gasteiger partial charge >= 0.3 is 12.0 Å². The zero-order valence-electron chi connectivity index (χ0n) is 42.6. The number of nitrogens with one attached hydrogen (secondary N) is 5. The van der Waals surface area contributed by atoms with E-state index in [0.717, 1.165) is 5.69 Å². The SMILES string of the molecule is CN(Cc1cnc2nc(N)nc(N)c2n1)c1ccc(C(=O)NC(CCC(=O)NCCOCCOCCOCCNC(=O)Cn2[nH]c3c4cccc(NC(=O)N=[N+]5CCOCC5)c4c(O)c-3c2-c2ccc(O)cc2)C(=O)O)cc1. The van der Waals surface area contributed by atoms with Crippen molar-refractivity contribution >= 4 is 74.8 Å². The Morgan fingerprint density at radius 1 is 0.872 bits per heavy atom. The first kappa shape index (κ1) is 55.2. The van der Waals surface area contributed by atoms with Gasteiger partial charge in [-0.25, -0.2) is 19.6 Å². The van der Waals surface area contributed by atoms with Crippen molar-refractivity contribution in [1.82, 2.24) is 45.7 Å². The third-order valence-corrected chi connectivity index (χ3v) is 12.3. The monoisotopic (exact) mass is 1070 g/mol. The van der Waals surface area contributed by atoms with Crippen molar-refractivity contribution in [2.45, 2.75) is 32.0 Å². The Morgan fingerprint density at radius 3 is 2.24 bits per heavy atom. The minimum atomic E-state index is -1.30. The smallest absolute Gasteiger partial charge is 0.404 e. The number of phenols is 1. The number of aromatic nitrogens is 6. The number of benzene rings is 3. The Bertz CT molecular complexity index is 3250. The number of aromatic hydroxyl groups is 2. The van der Waals surface area contributed by atoms with Crippen LogP contribution in [0.3, 0.4) is 0 Å². The highest BCUT2D eigenvalue weighted by molar-refractivity contribution is 6.17. The summed E-state index contributed by atoms with van der Waals surface area (Å²) in [5.74, 6) is -2.58. The van der Waals surface area contributed by atoms with Crippen LogP contribution in [0, 0.1) is 0 Å². The summed E-state index contributed by atoms with van der Waals surface area (Å²) in [4.78, 5) is 82.1. The number of aromatic amines is 1. The predicted octanol–water partition coefficient (Wildman–Crippen LogP) is 2.66. The molecular weight excluding hydrogens is 1010 g/mol. The lowest BCUT2D eigenvalue weighted by molar-refractivity contribution is -0.606. The molecule has 1 aliphatic carbocycles. The minimum absolute atomic E-state index is 0.00226. The van der Waals surface area contributed by atoms with Crippen molar-refractivity contribution in [2.75, 3.05) is 108 Å². The number of carbonyl (C=O) groups is 5. The first-order valence-corrected chi connectivity index (χ1v) is 24.9. The second-order valence-corrected chi connectivity index (χ2v) is 17.9. The molecule has 3 aliphatic rings. The molecule has 27 nitrogen and oxygen atoms in total. The minimum Gasteiger partial charge on any atom is -0.508 e. The molecule has 0 saturated carbocycles. The van der Waals surface area contributed by atoms with Gasteiger partial charge in [0.15, 0.2) is 30.1 Å². The van der Waals surface area contributed by atoms with E-state index in [1.165, 1.54) is 12.1 Å². The molecule has 1 saturated heterocycles. The number of amides is 5. The number of morpholine rings is 1. The summed E-state index contributed by atoms with van der Waals surface area (Å²) in [6.45, 7) is 3.89. The quantitative estimate of drug-likeness (QED) is 0.0290. The third kappa shape index (κ3) is 14.2. The van der Waals surface area contributed by atoms with Gasteiger partial charge < -0.3 is 71.9 Å². The fraction of sp³-hybridized carbons (Fsp3) is 0.353. The first-order chi connectivity index (χ1) is 37.7. The zero-order chi connectivity index (χ0) is 55.1. The van der Waals surface area contributed by atoms with Gasteiger partial charge in [0.1, 0.15) is 37.3 Å². The lowest BCUT2D eigenvalue weighted by Crippen LogP contribution is -2.41. The van der Waals surface area contributed by atoms with Crippen molar-refractivity contribution in [3.63, 3.8) is 0 Å². The van der Waals surface area contributed by atoms with Gasteiger partial charge in [-0.2, -0.15) is 9.97 Å². The molecule has 12 N–H and O–H groups in total. The Hall–Kier alpha value is -9.05. The number of nitrogen functional groups attached to an aromatic ring is 2. The van der Waals surface area contributed by atoms with Crippen LogP contribution < -0.4 is 37.6 Å². The van der Waals surface area contributed by atoms with E-state index < -0.39 is 29.9 Å². The number of nitrogens with zero attached hydrogens (tertiary/aromatic N) is 8. The molecular formula is C51H60N15O12+. The molecule has 78 heavy (non-hydrogen) atoms. The van der Waals surface area contributed by atoms with Gasteiger partial charge in [0.05, 0.1) is 91.2 Å². The number of hydrogen-bond donors (Lipinski definition) is 10. The number of carboxylic acid groups (broad SMARTS) is 1. The van der Waals surface area contributed by atoms with Crippen molar-refractivity contribution in [3.8, 4) is 34.0 Å². The van der Waals surface area contributed by atoms with Gasteiger partial charge in [0.25, 0.3) is 5.91 Å². The van der Waals surface area contributed by atoms with Crippen molar-refractivity contribution in [2.24, 2.45) is 5.11 Å². The number of urea groups is 1. The molecule has 5 amide bonds. The molecule has 1 atom stereocenters. The van der Waals surface area contributed by atoms with Crippen LogP contribution in [0.4, 0.5) is 27.9 Å². The van der Waals surface area contributed by atoms with Crippen LogP contribution in [-0.2, 0) is 46.4 Å². The molecule has 410 valence electrons. The molecule has 2 aromatic heterocycles. The highest BCUT2D eigenvalue weighted by atomic mass is 16.5. The van der Waals surface area contributed by atoms with Crippen LogP contribution in [0.1, 0.15) is 28.9 Å². The average Bonchev–Trinajstić information content (AvgIpc) is 4.08. The van der Waals surface area contributed by atoms with Crippen molar-refractivity contribution in [3.05, 3.63) is 84.2 Å². The van der Waals surface area contributed by atoms with Gasteiger partial charge in [-0.1, -0.05) is 12.1 Å². The van der Waals surface area contributed by atoms with E-state index >= 15 is 0 Å². The number of anilines is 4. The fourth-order valence-electron chi connectivity index (χ4n) is 8.52. The number of carboxylic acids is 1. The van der Waals surface area contributed by atoms with Crippen LogP contribution in [-0.4, -0.2) is 172 Å². The van der Waals surface area contributed by atoms with Gasteiger partial charge in [-0.3, -0.25) is 24.2 Å². The highest BCUT2D eigenvalue weighted by Gasteiger charge is 2.30. The molecule has 1 fully saturated rings. The highest BCUT2D eigenvalue weighted by Crippen LogP contribution is 2.51. The predicted molar refractivity (Wildman–Crippen MR) is 283 cm³/mol. The number of rotatable bonds is 25. The van der Waals surface area contributed by atoms with E-state index in [2.05, 4.69) is 51.4 Å². The Kier molecular flexibility index (Phi) is 18.5. The van der Waals surface area contributed by atoms with E-state index in [9.17, 15) is 39.3 Å². The van der Waals surface area contributed by atoms with E-state index in [4.69, 9.17) is 30.4 Å². The third-order valence-electron chi connectivity index (χ3n) is 12.3. The van der Waals surface area contributed by atoms with E-state index in [1.807, 2.05) is 11.9 Å². The summed E-state index contributed by atoms with van der Waals surface area (Å²) in [5, 5.41) is 50.7. The molecule has 1 unspecified atom stereocenters. The Labute approximate surface area is 445 Å².